The molecule has 5 nitrogen and oxygen atoms in total. The molecular formula is C17H23N3O2S. The fourth-order valence-electron chi connectivity index (χ4n) is 3.36. The van der Waals surface area contributed by atoms with Crippen molar-refractivity contribution in [1.29, 1.82) is 0 Å². The number of aromatic nitrogens is 2. The Morgan fingerprint density at radius 2 is 1.91 bits per heavy atom. The fourth-order valence-corrected chi connectivity index (χ4v) is 4.56. The Labute approximate surface area is 139 Å². The summed E-state index contributed by atoms with van der Waals surface area (Å²) in [7, 11) is 3.61. The molecule has 2 aromatic heterocycles. The molecule has 1 aliphatic rings. The van der Waals surface area contributed by atoms with E-state index >= 15 is 0 Å². The highest BCUT2D eigenvalue weighted by atomic mass is 32.1. The van der Waals surface area contributed by atoms with Gasteiger partial charge in [0.05, 0.1) is 10.3 Å². The SMILES string of the molecule is Cc1c(C(=O)N(C)C2CCCCC2)sc2nc(C)n(C)c(=O)c12. The molecule has 0 radical (unpaired) electrons. The molecule has 2 aromatic rings. The van der Waals surface area contributed by atoms with Gasteiger partial charge in [-0.2, -0.15) is 0 Å². The first-order valence-corrected chi connectivity index (χ1v) is 8.97. The molecule has 1 aliphatic carbocycles. The molecule has 1 saturated carbocycles. The molecule has 0 aliphatic heterocycles. The van der Waals surface area contributed by atoms with Crippen molar-refractivity contribution in [2.75, 3.05) is 7.05 Å². The van der Waals surface area contributed by atoms with Crippen LogP contribution in [0.25, 0.3) is 10.2 Å². The summed E-state index contributed by atoms with van der Waals surface area (Å²) in [5.74, 6) is 0.695. The number of rotatable bonds is 2. The third-order valence-electron chi connectivity index (χ3n) is 5.03. The normalized spacial score (nSPS) is 16.0. The van der Waals surface area contributed by atoms with Crippen LogP contribution in [0.4, 0.5) is 0 Å². The van der Waals surface area contributed by atoms with Crippen LogP contribution in [0.1, 0.15) is 53.2 Å². The molecular weight excluding hydrogens is 310 g/mol. The maximum Gasteiger partial charge on any atom is 0.264 e. The predicted octanol–water partition coefficient (Wildman–Crippen LogP) is 3.02. The number of hydrogen-bond donors (Lipinski definition) is 0. The third kappa shape index (κ3) is 2.69. The lowest BCUT2D eigenvalue weighted by Gasteiger charge is -2.31. The van der Waals surface area contributed by atoms with Gasteiger partial charge in [0.25, 0.3) is 11.5 Å². The fraction of sp³-hybridized carbons (Fsp3) is 0.588. The van der Waals surface area contributed by atoms with Gasteiger partial charge in [0.1, 0.15) is 10.7 Å². The van der Waals surface area contributed by atoms with Crippen LogP contribution in [-0.2, 0) is 7.05 Å². The molecule has 0 saturated heterocycles. The minimum atomic E-state index is -0.0689. The van der Waals surface area contributed by atoms with E-state index in [1.165, 1.54) is 30.6 Å². The first-order chi connectivity index (χ1) is 10.9. The molecule has 2 heterocycles. The quantitative estimate of drug-likeness (QED) is 0.849. The van der Waals surface area contributed by atoms with E-state index in [1.807, 2.05) is 25.8 Å². The van der Waals surface area contributed by atoms with Gasteiger partial charge in [-0.3, -0.25) is 14.2 Å². The number of amides is 1. The Morgan fingerprint density at radius 3 is 2.57 bits per heavy atom. The molecule has 0 N–H and O–H groups in total. The van der Waals surface area contributed by atoms with Crippen LogP contribution in [0, 0.1) is 13.8 Å². The zero-order valence-electron chi connectivity index (χ0n) is 14.2. The molecule has 0 bridgehead atoms. The summed E-state index contributed by atoms with van der Waals surface area (Å²) in [6.07, 6.45) is 5.79. The second kappa shape index (κ2) is 6.07. The molecule has 0 unspecified atom stereocenters. The summed E-state index contributed by atoms with van der Waals surface area (Å²) in [6.45, 7) is 3.67. The van der Waals surface area contributed by atoms with Crippen molar-refractivity contribution in [2.45, 2.75) is 52.0 Å². The van der Waals surface area contributed by atoms with Crippen molar-refractivity contribution in [2.24, 2.45) is 7.05 Å². The lowest BCUT2D eigenvalue weighted by Crippen LogP contribution is -2.38. The number of hydrogen-bond acceptors (Lipinski definition) is 4. The number of nitrogens with zero attached hydrogens (tertiary/aromatic N) is 3. The summed E-state index contributed by atoms with van der Waals surface area (Å²) < 4.78 is 1.54. The molecule has 0 aromatic carbocycles. The first-order valence-electron chi connectivity index (χ1n) is 8.15. The van der Waals surface area contributed by atoms with E-state index < -0.39 is 0 Å². The number of aryl methyl sites for hydroxylation is 2. The summed E-state index contributed by atoms with van der Waals surface area (Å²) in [5, 5.41) is 0.587. The van der Waals surface area contributed by atoms with Crippen LogP contribution >= 0.6 is 11.3 Å². The van der Waals surface area contributed by atoms with E-state index in [0.29, 0.717) is 27.0 Å². The number of fused-ring (bicyclic) bond motifs is 1. The Bertz CT molecular complexity index is 815. The van der Waals surface area contributed by atoms with Gasteiger partial charge in [-0.15, -0.1) is 11.3 Å². The lowest BCUT2D eigenvalue weighted by molar-refractivity contribution is 0.0700. The van der Waals surface area contributed by atoms with Gasteiger partial charge in [-0.05, 0) is 32.3 Å². The summed E-state index contributed by atoms with van der Waals surface area (Å²) in [5.41, 5.74) is 0.700. The Hall–Kier alpha value is -1.69. The van der Waals surface area contributed by atoms with Crippen LogP contribution in [0.5, 0.6) is 0 Å². The van der Waals surface area contributed by atoms with Gasteiger partial charge in [0, 0.05) is 20.1 Å². The van der Waals surface area contributed by atoms with Crippen LogP contribution in [0.15, 0.2) is 4.79 Å². The van der Waals surface area contributed by atoms with Crippen molar-refractivity contribution >= 4 is 27.5 Å². The van der Waals surface area contributed by atoms with Crippen molar-refractivity contribution in [3.05, 3.63) is 26.6 Å². The first kappa shape index (κ1) is 16.2. The van der Waals surface area contributed by atoms with Gasteiger partial charge in [0.2, 0.25) is 0 Å². The summed E-state index contributed by atoms with van der Waals surface area (Å²) in [4.78, 5) is 33.1. The van der Waals surface area contributed by atoms with Crippen LogP contribution in [0.2, 0.25) is 0 Å². The maximum atomic E-state index is 12.9. The van der Waals surface area contributed by atoms with E-state index in [0.717, 1.165) is 18.4 Å². The number of carbonyl (C=O) groups excluding carboxylic acids is 1. The van der Waals surface area contributed by atoms with Crippen molar-refractivity contribution in [3.8, 4) is 0 Å². The van der Waals surface area contributed by atoms with Crippen molar-refractivity contribution in [3.63, 3.8) is 0 Å². The summed E-state index contributed by atoms with van der Waals surface area (Å²) in [6, 6.07) is 0.318. The average Bonchev–Trinajstić information content (AvgIpc) is 2.88. The van der Waals surface area contributed by atoms with Gasteiger partial charge in [0.15, 0.2) is 0 Å². The molecule has 3 rings (SSSR count). The molecule has 1 fully saturated rings. The number of carbonyl (C=O) groups is 1. The highest BCUT2D eigenvalue weighted by Gasteiger charge is 2.27. The second-order valence-electron chi connectivity index (χ2n) is 6.47. The van der Waals surface area contributed by atoms with Crippen LogP contribution < -0.4 is 5.56 Å². The minimum absolute atomic E-state index is 0.0251. The van der Waals surface area contributed by atoms with Crippen LogP contribution in [-0.4, -0.2) is 33.4 Å². The van der Waals surface area contributed by atoms with Crippen molar-refractivity contribution < 1.29 is 4.79 Å². The van der Waals surface area contributed by atoms with Gasteiger partial charge in [-0.1, -0.05) is 19.3 Å². The lowest BCUT2D eigenvalue weighted by atomic mass is 9.94. The molecule has 0 spiro atoms. The van der Waals surface area contributed by atoms with E-state index in [2.05, 4.69) is 4.98 Å². The molecule has 23 heavy (non-hydrogen) atoms. The van der Waals surface area contributed by atoms with E-state index in [1.54, 1.807) is 11.6 Å². The molecule has 6 heteroatoms. The standard InChI is InChI=1S/C17H23N3O2S/c1-10-13-15(18-11(2)19(3)16(13)21)23-14(10)17(22)20(4)12-8-6-5-7-9-12/h12H,5-9H2,1-4H3. The summed E-state index contributed by atoms with van der Waals surface area (Å²) >= 11 is 1.35. The maximum absolute atomic E-state index is 12.9. The Balaban J connectivity index is 2.02. The van der Waals surface area contributed by atoms with Crippen molar-refractivity contribution in [1.82, 2.24) is 14.5 Å². The third-order valence-corrected chi connectivity index (χ3v) is 6.21. The van der Waals surface area contributed by atoms with E-state index in [-0.39, 0.29) is 11.5 Å². The monoisotopic (exact) mass is 333 g/mol. The highest BCUT2D eigenvalue weighted by molar-refractivity contribution is 7.20. The molecule has 1 amide bonds. The van der Waals surface area contributed by atoms with Gasteiger partial charge >= 0.3 is 0 Å². The van der Waals surface area contributed by atoms with E-state index in [9.17, 15) is 9.59 Å². The molecule has 0 atom stereocenters. The Morgan fingerprint density at radius 1 is 1.26 bits per heavy atom. The zero-order valence-corrected chi connectivity index (χ0v) is 15.0. The topological polar surface area (TPSA) is 55.2 Å². The van der Waals surface area contributed by atoms with Gasteiger partial charge < -0.3 is 4.90 Å². The van der Waals surface area contributed by atoms with Gasteiger partial charge in [-0.25, -0.2) is 4.98 Å². The average molecular weight is 333 g/mol. The minimum Gasteiger partial charge on any atom is -0.338 e. The zero-order chi connectivity index (χ0) is 16.7. The Kier molecular flexibility index (Phi) is 4.27. The highest BCUT2D eigenvalue weighted by Crippen LogP contribution is 2.30. The second-order valence-corrected chi connectivity index (χ2v) is 7.47. The predicted molar refractivity (Wildman–Crippen MR) is 93.3 cm³/mol. The van der Waals surface area contributed by atoms with Crippen LogP contribution in [0.3, 0.4) is 0 Å². The van der Waals surface area contributed by atoms with E-state index in [4.69, 9.17) is 0 Å². The smallest absolute Gasteiger partial charge is 0.264 e. The number of thiophene rings is 1. The largest absolute Gasteiger partial charge is 0.338 e. The molecule has 124 valence electrons.